The summed E-state index contributed by atoms with van der Waals surface area (Å²) in [5.41, 5.74) is 4.10. The van der Waals surface area contributed by atoms with E-state index in [9.17, 15) is 4.79 Å². The number of carbonyl (C=O) groups is 1. The van der Waals surface area contributed by atoms with Gasteiger partial charge in [-0.1, -0.05) is 19.9 Å². The first-order valence-corrected chi connectivity index (χ1v) is 11.6. The lowest BCUT2D eigenvalue weighted by molar-refractivity contribution is -0.124. The van der Waals surface area contributed by atoms with Gasteiger partial charge in [-0.05, 0) is 55.4 Å². The van der Waals surface area contributed by atoms with E-state index in [2.05, 4.69) is 53.3 Å². The molecule has 1 aliphatic carbocycles. The van der Waals surface area contributed by atoms with E-state index in [4.69, 9.17) is 4.74 Å². The highest BCUT2D eigenvalue weighted by atomic mass is 16.5. The van der Waals surface area contributed by atoms with Crippen molar-refractivity contribution in [3.63, 3.8) is 0 Å². The SMILES string of the molecule is C[C@@H]1C[C@H](C)C[C@@H](C(=O)N2Cc3cccnc3Nc3ccc(N4CCOCC4)cc32)C1. The number of nitrogens with zero attached hydrogens (tertiary/aromatic N) is 3. The molecular formula is C25H32N4O2. The summed E-state index contributed by atoms with van der Waals surface area (Å²) in [6.07, 6.45) is 4.97. The quantitative estimate of drug-likeness (QED) is 0.771. The Kier molecular flexibility index (Phi) is 5.57. The highest BCUT2D eigenvalue weighted by Crippen LogP contribution is 2.41. The first kappa shape index (κ1) is 20.3. The first-order valence-electron chi connectivity index (χ1n) is 11.6. The van der Waals surface area contributed by atoms with E-state index in [-0.39, 0.29) is 11.8 Å². The summed E-state index contributed by atoms with van der Waals surface area (Å²) in [7, 11) is 0. The van der Waals surface area contributed by atoms with Gasteiger partial charge in [0, 0.05) is 36.5 Å². The molecule has 2 aliphatic heterocycles. The number of carbonyl (C=O) groups excluding carboxylic acids is 1. The number of pyridine rings is 1. The van der Waals surface area contributed by atoms with Crippen molar-refractivity contribution in [2.45, 2.75) is 39.7 Å². The summed E-state index contributed by atoms with van der Waals surface area (Å²) >= 11 is 0. The molecule has 1 saturated carbocycles. The first-order chi connectivity index (χ1) is 15.1. The Hall–Kier alpha value is -2.60. The lowest BCUT2D eigenvalue weighted by atomic mass is 9.76. The van der Waals surface area contributed by atoms with E-state index in [1.54, 1.807) is 6.20 Å². The molecular weight excluding hydrogens is 388 g/mol. The highest BCUT2D eigenvalue weighted by molar-refractivity contribution is 6.00. The summed E-state index contributed by atoms with van der Waals surface area (Å²) in [5, 5.41) is 3.49. The number of anilines is 4. The zero-order chi connectivity index (χ0) is 21.4. The monoisotopic (exact) mass is 420 g/mol. The van der Waals surface area contributed by atoms with Gasteiger partial charge in [-0.25, -0.2) is 4.98 Å². The zero-order valence-electron chi connectivity index (χ0n) is 18.5. The molecule has 1 N–H and O–H groups in total. The number of aromatic nitrogens is 1. The number of fused-ring (bicyclic) bond motifs is 2. The van der Waals surface area contributed by atoms with Crippen LogP contribution >= 0.6 is 0 Å². The Labute approximate surface area is 184 Å². The van der Waals surface area contributed by atoms with E-state index in [1.807, 2.05) is 11.0 Å². The molecule has 31 heavy (non-hydrogen) atoms. The molecule has 1 saturated heterocycles. The van der Waals surface area contributed by atoms with Crippen LogP contribution in [0.15, 0.2) is 36.5 Å². The van der Waals surface area contributed by atoms with Crippen molar-refractivity contribution >= 4 is 28.8 Å². The van der Waals surface area contributed by atoms with Crippen LogP contribution in [0, 0.1) is 17.8 Å². The van der Waals surface area contributed by atoms with Gasteiger partial charge in [-0.3, -0.25) is 4.79 Å². The van der Waals surface area contributed by atoms with Gasteiger partial charge in [0.2, 0.25) is 5.91 Å². The molecule has 1 aromatic carbocycles. The predicted molar refractivity (Wildman–Crippen MR) is 124 cm³/mol. The second-order valence-corrected chi connectivity index (χ2v) is 9.48. The summed E-state index contributed by atoms with van der Waals surface area (Å²) in [6.45, 7) is 8.34. The Balaban J connectivity index is 1.53. The second kappa shape index (κ2) is 8.50. The molecule has 3 atom stereocenters. The average molecular weight is 421 g/mol. The van der Waals surface area contributed by atoms with Crippen molar-refractivity contribution in [1.82, 2.24) is 4.98 Å². The third kappa shape index (κ3) is 4.13. The highest BCUT2D eigenvalue weighted by Gasteiger charge is 2.34. The molecule has 2 aromatic rings. The van der Waals surface area contributed by atoms with Crippen LogP contribution in [0.3, 0.4) is 0 Å². The Morgan fingerprint density at radius 2 is 1.87 bits per heavy atom. The van der Waals surface area contributed by atoms with Crippen molar-refractivity contribution in [2.24, 2.45) is 17.8 Å². The van der Waals surface area contributed by atoms with E-state index < -0.39 is 0 Å². The summed E-state index contributed by atoms with van der Waals surface area (Å²) in [4.78, 5) is 22.8. The lowest BCUT2D eigenvalue weighted by Crippen LogP contribution is -2.39. The number of ether oxygens (including phenoxy) is 1. The van der Waals surface area contributed by atoms with Crippen LogP contribution in [0.1, 0.15) is 38.7 Å². The van der Waals surface area contributed by atoms with E-state index in [0.717, 1.165) is 67.6 Å². The van der Waals surface area contributed by atoms with Gasteiger partial charge in [0.05, 0.1) is 31.1 Å². The molecule has 0 spiro atoms. The van der Waals surface area contributed by atoms with Crippen molar-refractivity contribution in [3.8, 4) is 0 Å². The molecule has 1 amide bonds. The topological polar surface area (TPSA) is 57.7 Å². The van der Waals surface area contributed by atoms with E-state index in [1.165, 1.54) is 6.42 Å². The normalized spacial score (nSPS) is 25.8. The van der Waals surface area contributed by atoms with E-state index in [0.29, 0.717) is 18.4 Å². The van der Waals surface area contributed by atoms with Crippen molar-refractivity contribution < 1.29 is 9.53 Å². The van der Waals surface area contributed by atoms with Gasteiger partial charge in [0.15, 0.2) is 0 Å². The Morgan fingerprint density at radius 3 is 2.65 bits per heavy atom. The number of rotatable bonds is 2. The molecule has 6 heteroatoms. The maximum absolute atomic E-state index is 13.9. The minimum Gasteiger partial charge on any atom is -0.378 e. The van der Waals surface area contributed by atoms with E-state index >= 15 is 0 Å². The van der Waals surface area contributed by atoms with Crippen LogP contribution in [0.2, 0.25) is 0 Å². The summed E-state index contributed by atoms with van der Waals surface area (Å²) in [6, 6.07) is 10.4. The third-order valence-corrected chi connectivity index (χ3v) is 6.91. The smallest absolute Gasteiger partial charge is 0.230 e. The molecule has 0 bridgehead atoms. The number of benzene rings is 1. The third-order valence-electron chi connectivity index (χ3n) is 6.91. The van der Waals surface area contributed by atoms with Crippen LogP contribution < -0.4 is 15.1 Å². The summed E-state index contributed by atoms with van der Waals surface area (Å²) < 4.78 is 5.53. The summed E-state index contributed by atoms with van der Waals surface area (Å²) in [5.74, 6) is 2.35. The fourth-order valence-corrected chi connectivity index (χ4v) is 5.49. The van der Waals surface area contributed by atoms with Gasteiger partial charge in [0.25, 0.3) is 0 Å². The largest absolute Gasteiger partial charge is 0.378 e. The van der Waals surface area contributed by atoms with Crippen LogP contribution in [0.25, 0.3) is 0 Å². The van der Waals surface area contributed by atoms with Crippen molar-refractivity contribution in [2.75, 3.05) is 41.4 Å². The van der Waals surface area contributed by atoms with Crippen molar-refractivity contribution in [3.05, 3.63) is 42.1 Å². The Morgan fingerprint density at radius 1 is 1.10 bits per heavy atom. The molecule has 1 aromatic heterocycles. The minimum atomic E-state index is 0.0804. The minimum absolute atomic E-state index is 0.0804. The number of amides is 1. The molecule has 0 unspecified atom stereocenters. The number of hydrogen-bond acceptors (Lipinski definition) is 5. The Bertz CT molecular complexity index is 946. The second-order valence-electron chi connectivity index (χ2n) is 9.48. The van der Waals surface area contributed by atoms with Gasteiger partial charge in [-0.2, -0.15) is 0 Å². The molecule has 5 rings (SSSR count). The number of morpholine rings is 1. The molecule has 3 aliphatic rings. The molecule has 164 valence electrons. The lowest BCUT2D eigenvalue weighted by Gasteiger charge is -2.35. The van der Waals surface area contributed by atoms with Gasteiger partial charge < -0.3 is 19.9 Å². The van der Waals surface area contributed by atoms with Gasteiger partial charge in [0.1, 0.15) is 5.82 Å². The molecule has 6 nitrogen and oxygen atoms in total. The van der Waals surface area contributed by atoms with Crippen LogP contribution in [-0.2, 0) is 16.1 Å². The molecule has 0 radical (unpaired) electrons. The van der Waals surface area contributed by atoms with Gasteiger partial charge >= 0.3 is 0 Å². The van der Waals surface area contributed by atoms with Crippen LogP contribution in [0.5, 0.6) is 0 Å². The maximum Gasteiger partial charge on any atom is 0.230 e. The average Bonchev–Trinajstić information content (AvgIpc) is 2.95. The van der Waals surface area contributed by atoms with Crippen LogP contribution in [-0.4, -0.2) is 37.2 Å². The molecule has 3 heterocycles. The van der Waals surface area contributed by atoms with Crippen molar-refractivity contribution in [1.29, 1.82) is 0 Å². The number of hydrogen-bond donors (Lipinski definition) is 1. The van der Waals surface area contributed by atoms with Crippen LogP contribution in [0.4, 0.5) is 22.9 Å². The van der Waals surface area contributed by atoms with Gasteiger partial charge in [-0.15, -0.1) is 0 Å². The number of nitrogens with one attached hydrogen (secondary N) is 1. The fourth-order valence-electron chi connectivity index (χ4n) is 5.49. The molecule has 2 fully saturated rings. The maximum atomic E-state index is 13.9. The fraction of sp³-hybridized carbons (Fsp3) is 0.520. The predicted octanol–water partition coefficient (Wildman–Crippen LogP) is 4.58. The standard InChI is InChI=1S/C25H32N4O2/c1-17-12-18(2)14-20(13-17)25(30)29-16-19-4-3-7-26-24(19)27-22-6-5-21(15-23(22)29)28-8-10-31-11-9-28/h3-7,15,17-18,20H,8-14,16H2,1-2H3,(H,26,27)/t17-,18+,20+. The zero-order valence-corrected chi connectivity index (χ0v) is 18.5.